The van der Waals surface area contributed by atoms with Crippen LogP contribution in [-0.4, -0.2) is 46.9 Å². The van der Waals surface area contributed by atoms with Gasteiger partial charge in [-0.15, -0.1) is 0 Å². The molecule has 0 aliphatic heterocycles. The number of benzene rings is 4. The average molecular weight is 1120 g/mol. The highest BCUT2D eigenvalue weighted by atomic mass is 16.7. The van der Waals surface area contributed by atoms with E-state index in [-0.39, 0.29) is 35.5 Å². The Labute approximate surface area is 496 Å². The van der Waals surface area contributed by atoms with Crippen molar-refractivity contribution in [3.63, 3.8) is 0 Å². The molecule has 8 nitrogen and oxygen atoms in total. The minimum absolute atomic E-state index is 0.149. The van der Waals surface area contributed by atoms with E-state index in [0.29, 0.717) is 35.2 Å². The van der Waals surface area contributed by atoms with Gasteiger partial charge in [0.25, 0.3) is 0 Å². The van der Waals surface area contributed by atoms with Gasteiger partial charge in [0.2, 0.25) is 12.6 Å². The summed E-state index contributed by atoms with van der Waals surface area (Å²) in [6, 6.07) is 36.1. The standard InChI is InChI=1S/C17H32O3.C16H30O3.2C10H14O.2C10H14/c1-7-17(5,6)14(18)20-15(16(2,3)4)19-13-11-9-8-10-12-13;1-6-16(4,5)15(17)19-14(12(2)3)18-13-10-8-7-9-11-13;2*1-3-8(2)9-4-6-10(11)7-5-9;2*1-3-9(2)10-7-5-4-6-8-10/h13,15H,7-12H2,1-6H3;12-14H,6-11H2,1-5H3;2*4-8,11H,3H2,1-2H3;2*4-9H,3H2,1-2H3. The van der Waals surface area contributed by atoms with Crippen molar-refractivity contribution in [3.8, 4) is 11.5 Å². The van der Waals surface area contributed by atoms with Crippen molar-refractivity contribution in [2.75, 3.05) is 0 Å². The van der Waals surface area contributed by atoms with Gasteiger partial charge >= 0.3 is 11.9 Å². The minimum atomic E-state index is -0.455. The van der Waals surface area contributed by atoms with Gasteiger partial charge in [0.1, 0.15) is 11.5 Å². The quantitative estimate of drug-likeness (QED) is 0.0705. The Morgan fingerprint density at radius 3 is 1.01 bits per heavy atom. The lowest BCUT2D eigenvalue weighted by molar-refractivity contribution is -0.228. The van der Waals surface area contributed by atoms with Crippen LogP contribution in [0.2, 0.25) is 0 Å². The van der Waals surface area contributed by atoms with Crippen LogP contribution in [-0.2, 0) is 28.5 Å². The second-order valence-electron chi connectivity index (χ2n) is 25.6. The molecule has 458 valence electrons. The van der Waals surface area contributed by atoms with Crippen molar-refractivity contribution < 1.29 is 38.7 Å². The molecular weight excluding hydrogens is 1000 g/mol. The Kier molecular flexibility index (Phi) is 36.5. The van der Waals surface area contributed by atoms with Crippen molar-refractivity contribution in [2.45, 2.75) is 283 Å². The molecule has 6 unspecified atom stereocenters. The van der Waals surface area contributed by atoms with Crippen LogP contribution in [0.15, 0.2) is 109 Å². The number of hydrogen-bond acceptors (Lipinski definition) is 8. The fraction of sp³-hybridized carbons (Fsp3) is 0.644. The summed E-state index contributed by atoms with van der Waals surface area (Å²) in [4.78, 5) is 24.4. The molecule has 0 amide bonds. The molecule has 81 heavy (non-hydrogen) atoms. The van der Waals surface area contributed by atoms with Gasteiger partial charge < -0.3 is 29.2 Å². The molecule has 2 aliphatic rings. The molecule has 2 saturated carbocycles. The fourth-order valence-electron chi connectivity index (χ4n) is 8.42. The number of carbonyl (C=O) groups is 2. The van der Waals surface area contributed by atoms with E-state index in [1.807, 2.05) is 79.7 Å². The number of esters is 2. The molecule has 4 aromatic carbocycles. The molecule has 6 atom stereocenters. The van der Waals surface area contributed by atoms with Gasteiger partial charge in [0, 0.05) is 11.3 Å². The van der Waals surface area contributed by atoms with Crippen molar-refractivity contribution in [2.24, 2.45) is 22.2 Å². The Bertz CT molecular complexity index is 2090. The van der Waals surface area contributed by atoms with Crippen molar-refractivity contribution in [1.29, 1.82) is 0 Å². The highest BCUT2D eigenvalue weighted by molar-refractivity contribution is 5.76. The molecule has 8 heteroatoms. The number of phenols is 2. The predicted molar refractivity (Wildman–Crippen MR) is 342 cm³/mol. The van der Waals surface area contributed by atoms with Gasteiger partial charge in [-0.1, -0.05) is 227 Å². The molecule has 0 aromatic heterocycles. The van der Waals surface area contributed by atoms with Gasteiger partial charge in [-0.3, -0.25) is 9.59 Å². The molecule has 0 bridgehead atoms. The smallest absolute Gasteiger partial charge is 0.313 e. The van der Waals surface area contributed by atoms with Crippen molar-refractivity contribution in [1.82, 2.24) is 0 Å². The number of rotatable bonds is 19. The Hall–Kier alpha value is -4.66. The first-order valence-electron chi connectivity index (χ1n) is 31.6. The summed E-state index contributed by atoms with van der Waals surface area (Å²) < 4.78 is 23.5. The molecular formula is C73H118O8. The van der Waals surface area contributed by atoms with Crippen LogP contribution in [0.25, 0.3) is 0 Å². The number of carbonyl (C=O) groups excluding carboxylic acids is 2. The van der Waals surface area contributed by atoms with E-state index in [0.717, 1.165) is 51.4 Å². The first-order chi connectivity index (χ1) is 38.2. The summed E-state index contributed by atoms with van der Waals surface area (Å²) in [7, 11) is 0. The minimum Gasteiger partial charge on any atom is -0.508 e. The molecule has 2 N–H and O–H groups in total. The van der Waals surface area contributed by atoms with E-state index in [9.17, 15) is 9.59 Å². The third-order valence-electron chi connectivity index (χ3n) is 16.4. The molecule has 0 spiro atoms. The SMILES string of the molecule is CCC(C)(C)C(=O)OC(OC1CCCCC1)C(C)(C)C.CCC(C)(C)C(=O)OC(OC1CCCCC1)C(C)C.CCC(C)c1ccc(O)cc1.CCC(C)c1ccc(O)cc1.CCC(C)c1ccccc1.CCC(C)c1ccccc1. The van der Waals surface area contributed by atoms with E-state index < -0.39 is 23.4 Å². The van der Waals surface area contributed by atoms with Crippen LogP contribution < -0.4 is 0 Å². The predicted octanol–water partition coefficient (Wildman–Crippen LogP) is 21.2. The first kappa shape index (κ1) is 74.4. The second-order valence-corrected chi connectivity index (χ2v) is 25.6. The lowest BCUT2D eigenvalue weighted by Gasteiger charge is -2.36. The number of phenolic OH excluding ortho intramolecular Hbond substituents is 2. The maximum absolute atomic E-state index is 12.3. The van der Waals surface area contributed by atoms with Crippen molar-refractivity contribution in [3.05, 3.63) is 131 Å². The van der Waals surface area contributed by atoms with Gasteiger partial charge in [0.15, 0.2) is 0 Å². The van der Waals surface area contributed by atoms with E-state index >= 15 is 0 Å². The monoisotopic (exact) mass is 1120 g/mol. The van der Waals surface area contributed by atoms with Crippen LogP contribution in [0.5, 0.6) is 11.5 Å². The summed E-state index contributed by atoms with van der Waals surface area (Å²) in [6.45, 7) is 39.6. The lowest BCUT2D eigenvalue weighted by Crippen LogP contribution is -2.41. The lowest BCUT2D eigenvalue weighted by atomic mass is 9.90. The largest absolute Gasteiger partial charge is 0.508 e. The third kappa shape index (κ3) is 30.5. The summed E-state index contributed by atoms with van der Waals surface area (Å²) in [5, 5.41) is 18.0. The topological polar surface area (TPSA) is 112 Å². The third-order valence-corrected chi connectivity index (χ3v) is 16.4. The molecule has 0 heterocycles. The van der Waals surface area contributed by atoms with Crippen LogP contribution in [0.4, 0.5) is 0 Å². The Morgan fingerprint density at radius 2 is 0.728 bits per heavy atom. The maximum Gasteiger partial charge on any atom is 0.313 e. The zero-order valence-corrected chi connectivity index (χ0v) is 54.7. The van der Waals surface area contributed by atoms with E-state index in [1.165, 1.54) is 73.6 Å². The van der Waals surface area contributed by atoms with E-state index in [4.69, 9.17) is 29.2 Å². The van der Waals surface area contributed by atoms with Crippen LogP contribution in [0.1, 0.15) is 280 Å². The normalized spacial score (nSPS) is 16.1. The van der Waals surface area contributed by atoms with Crippen LogP contribution >= 0.6 is 0 Å². The van der Waals surface area contributed by atoms with Crippen LogP contribution in [0.3, 0.4) is 0 Å². The molecule has 4 aromatic rings. The van der Waals surface area contributed by atoms with Crippen LogP contribution in [0, 0.1) is 22.2 Å². The Morgan fingerprint density at radius 1 is 0.432 bits per heavy atom. The highest BCUT2D eigenvalue weighted by Gasteiger charge is 2.37. The highest BCUT2D eigenvalue weighted by Crippen LogP contribution is 2.33. The van der Waals surface area contributed by atoms with E-state index in [2.05, 4.69) is 137 Å². The van der Waals surface area contributed by atoms with Gasteiger partial charge in [-0.05, 0) is 162 Å². The average Bonchev–Trinajstić information content (AvgIpc) is 3.49. The number of aromatic hydroxyl groups is 2. The number of hydrogen-bond donors (Lipinski definition) is 2. The molecule has 6 rings (SSSR count). The zero-order valence-electron chi connectivity index (χ0n) is 54.7. The molecule has 0 radical (unpaired) electrons. The summed E-state index contributed by atoms with van der Waals surface area (Å²) >= 11 is 0. The first-order valence-corrected chi connectivity index (χ1v) is 31.6. The Balaban J connectivity index is 0.000000498. The molecule has 0 saturated heterocycles. The molecule has 2 fully saturated rings. The zero-order chi connectivity index (χ0) is 61.2. The van der Waals surface area contributed by atoms with Gasteiger partial charge in [-0.25, -0.2) is 0 Å². The van der Waals surface area contributed by atoms with Crippen molar-refractivity contribution >= 4 is 11.9 Å². The summed E-state index contributed by atoms with van der Waals surface area (Å²) in [5.41, 5.74) is 4.42. The summed E-state index contributed by atoms with van der Waals surface area (Å²) in [5.74, 6) is 3.18. The second kappa shape index (κ2) is 39.8. The van der Waals surface area contributed by atoms with Gasteiger partial charge in [-0.2, -0.15) is 0 Å². The van der Waals surface area contributed by atoms with Gasteiger partial charge in [0.05, 0.1) is 23.0 Å². The fourth-order valence-corrected chi connectivity index (χ4v) is 8.42. The van der Waals surface area contributed by atoms with E-state index in [1.54, 1.807) is 24.3 Å². The summed E-state index contributed by atoms with van der Waals surface area (Å²) in [6.07, 6.45) is 17.8. The number of ether oxygens (including phenoxy) is 4. The maximum atomic E-state index is 12.3. The molecule has 2 aliphatic carbocycles.